The largest absolute Gasteiger partial charge is 0.416 e. The maximum absolute atomic E-state index is 13.1. The number of nitrogens with two attached hydrogens (primary N) is 1. The summed E-state index contributed by atoms with van der Waals surface area (Å²) in [6.07, 6.45) is -4.64. The van der Waals surface area contributed by atoms with E-state index in [4.69, 9.17) is 10.8 Å². The van der Waals surface area contributed by atoms with E-state index >= 15 is 0 Å². The number of aliphatic hydroxyl groups excluding tert-OH is 1. The summed E-state index contributed by atoms with van der Waals surface area (Å²) in [7, 11) is 0. The molecule has 0 amide bonds. The molecule has 0 aromatic heterocycles. The first-order chi connectivity index (χ1) is 7.34. The van der Waals surface area contributed by atoms with E-state index in [0.29, 0.717) is 12.1 Å². The van der Waals surface area contributed by atoms with E-state index in [1.165, 1.54) is 0 Å². The van der Waals surface area contributed by atoms with Gasteiger partial charge in [0.15, 0.2) is 0 Å². The summed E-state index contributed by atoms with van der Waals surface area (Å²) in [5, 5.41) is 8.65. The first-order valence-corrected chi connectivity index (χ1v) is 4.56. The third-order valence-corrected chi connectivity index (χ3v) is 2.09. The van der Waals surface area contributed by atoms with Crippen molar-refractivity contribution in [3.8, 4) is 0 Å². The van der Waals surface area contributed by atoms with Gasteiger partial charge in [-0.15, -0.1) is 12.4 Å². The van der Waals surface area contributed by atoms with Gasteiger partial charge in [0.1, 0.15) is 5.82 Å². The number of rotatable bonds is 3. The maximum Gasteiger partial charge on any atom is 0.416 e. The molecule has 1 aromatic carbocycles. The van der Waals surface area contributed by atoms with Crippen molar-refractivity contribution < 1.29 is 22.7 Å². The fraction of sp³-hybridized carbons (Fsp3) is 0.400. The number of hydrogen-bond acceptors (Lipinski definition) is 2. The van der Waals surface area contributed by atoms with E-state index in [0.717, 1.165) is 6.07 Å². The zero-order valence-electron chi connectivity index (χ0n) is 8.67. The smallest absolute Gasteiger partial charge is 0.395 e. The molecule has 7 heteroatoms. The van der Waals surface area contributed by atoms with Crippen LogP contribution in [0.1, 0.15) is 11.1 Å². The minimum absolute atomic E-state index is 0. The monoisotopic (exact) mass is 273 g/mol. The number of aliphatic hydroxyl groups is 1. The summed E-state index contributed by atoms with van der Waals surface area (Å²) in [5.41, 5.74) is 4.27. The van der Waals surface area contributed by atoms with Gasteiger partial charge in [0.25, 0.3) is 0 Å². The highest BCUT2D eigenvalue weighted by atomic mass is 35.5. The molecule has 2 nitrogen and oxygen atoms in total. The average Bonchev–Trinajstić information content (AvgIpc) is 2.19. The first kappa shape index (κ1) is 16.1. The SMILES string of the molecule is Cl.NC(CO)Cc1cc(C(F)(F)F)ccc1F. The van der Waals surface area contributed by atoms with E-state index in [2.05, 4.69) is 0 Å². The number of halogens is 5. The number of benzene rings is 1. The summed E-state index contributed by atoms with van der Waals surface area (Å²) in [5.74, 6) is -0.753. The van der Waals surface area contributed by atoms with Crippen molar-refractivity contribution in [2.75, 3.05) is 6.61 Å². The minimum atomic E-state index is -4.51. The molecule has 0 saturated heterocycles. The quantitative estimate of drug-likeness (QED) is 0.829. The van der Waals surface area contributed by atoms with Gasteiger partial charge in [0, 0.05) is 6.04 Å². The van der Waals surface area contributed by atoms with Gasteiger partial charge in [-0.25, -0.2) is 4.39 Å². The average molecular weight is 274 g/mol. The molecule has 0 saturated carbocycles. The Bertz CT molecular complexity index is 370. The predicted octanol–water partition coefficient (Wildman–Crippen LogP) is 2.13. The standard InChI is InChI=1S/C10H11F4NO.ClH/c11-9-2-1-7(10(12,13)14)3-6(9)4-8(15)5-16;/h1-3,8,16H,4-5,15H2;1H. The molecule has 17 heavy (non-hydrogen) atoms. The van der Waals surface area contributed by atoms with Crippen LogP contribution in [0.25, 0.3) is 0 Å². The fourth-order valence-electron chi connectivity index (χ4n) is 1.25. The molecule has 0 bridgehead atoms. The molecule has 1 rings (SSSR count). The van der Waals surface area contributed by atoms with Crippen LogP contribution in [0.2, 0.25) is 0 Å². The van der Waals surface area contributed by atoms with Crippen LogP contribution in [0.5, 0.6) is 0 Å². The lowest BCUT2D eigenvalue weighted by Crippen LogP contribution is -2.27. The summed E-state index contributed by atoms with van der Waals surface area (Å²) in [6, 6.07) is 1.37. The first-order valence-electron chi connectivity index (χ1n) is 4.56. The van der Waals surface area contributed by atoms with Crippen molar-refractivity contribution in [1.82, 2.24) is 0 Å². The second-order valence-electron chi connectivity index (χ2n) is 3.45. The highest BCUT2D eigenvalue weighted by molar-refractivity contribution is 5.85. The molecule has 0 aliphatic rings. The van der Waals surface area contributed by atoms with Gasteiger partial charge in [-0.3, -0.25) is 0 Å². The summed E-state index contributed by atoms with van der Waals surface area (Å²) in [6.45, 7) is -0.407. The fourth-order valence-corrected chi connectivity index (χ4v) is 1.25. The molecule has 1 unspecified atom stereocenters. The lowest BCUT2D eigenvalue weighted by atomic mass is 10.0. The molecular formula is C10H12ClF4NO. The van der Waals surface area contributed by atoms with Gasteiger partial charge in [0.05, 0.1) is 12.2 Å². The van der Waals surface area contributed by atoms with Gasteiger partial charge < -0.3 is 10.8 Å². The molecule has 98 valence electrons. The molecule has 0 heterocycles. The molecule has 1 aromatic rings. The van der Waals surface area contributed by atoms with Crippen LogP contribution in [0.15, 0.2) is 18.2 Å². The van der Waals surface area contributed by atoms with Crippen molar-refractivity contribution in [1.29, 1.82) is 0 Å². The summed E-state index contributed by atoms with van der Waals surface area (Å²) in [4.78, 5) is 0. The molecule has 0 fully saturated rings. The van der Waals surface area contributed by atoms with Gasteiger partial charge in [0.2, 0.25) is 0 Å². The Kier molecular flexibility index (Phi) is 5.87. The second-order valence-corrected chi connectivity index (χ2v) is 3.45. The molecule has 1 atom stereocenters. The lowest BCUT2D eigenvalue weighted by molar-refractivity contribution is -0.137. The van der Waals surface area contributed by atoms with Gasteiger partial charge in [-0.2, -0.15) is 13.2 Å². The third kappa shape index (κ3) is 4.49. The van der Waals surface area contributed by atoms with Gasteiger partial charge in [-0.05, 0) is 30.2 Å². The van der Waals surface area contributed by atoms with Crippen LogP contribution in [0.3, 0.4) is 0 Å². The molecule has 0 radical (unpaired) electrons. The Morgan fingerprint density at radius 1 is 1.29 bits per heavy atom. The Hall–Kier alpha value is -0.850. The summed E-state index contributed by atoms with van der Waals surface area (Å²) < 4.78 is 50.1. The molecule has 3 N–H and O–H groups in total. The van der Waals surface area contributed by atoms with E-state index in [1.807, 2.05) is 0 Å². The Morgan fingerprint density at radius 2 is 1.88 bits per heavy atom. The van der Waals surface area contributed by atoms with Crippen LogP contribution < -0.4 is 5.73 Å². The number of hydrogen-bond donors (Lipinski definition) is 2. The van der Waals surface area contributed by atoms with Crippen LogP contribution in [0.4, 0.5) is 17.6 Å². The van der Waals surface area contributed by atoms with Crippen LogP contribution in [0, 0.1) is 5.82 Å². The van der Waals surface area contributed by atoms with Crippen molar-refractivity contribution in [3.05, 3.63) is 35.1 Å². The molecule has 0 spiro atoms. The Balaban J connectivity index is 0.00000256. The Morgan fingerprint density at radius 3 is 2.35 bits per heavy atom. The summed E-state index contributed by atoms with van der Waals surface area (Å²) >= 11 is 0. The topological polar surface area (TPSA) is 46.2 Å². The van der Waals surface area contributed by atoms with Crippen molar-refractivity contribution >= 4 is 12.4 Å². The third-order valence-electron chi connectivity index (χ3n) is 2.09. The zero-order valence-corrected chi connectivity index (χ0v) is 9.48. The zero-order chi connectivity index (χ0) is 12.3. The molecule has 0 aliphatic heterocycles. The van der Waals surface area contributed by atoms with E-state index in [9.17, 15) is 17.6 Å². The Labute approximate surface area is 102 Å². The molecular weight excluding hydrogens is 262 g/mol. The second kappa shape index (κ2) is 6.18. The van der Waals surface area contributed by atoms with Crippen molar-refractivity contribution in [2.24, 2.45) is 5.73 Å². The predicted molar refractivity (Wildman–Crippen MR) is 57.4 cm³/mol. The van der Waals surface area contributed by atoms with E-state index < -0.39 is 30.2 Å². The molecule has 0 aliphatic carbocycles. The van der Waals surface area contributed by atoms with Crippen LogP contribution >= 0.6 is 12.4 Å². The van der Waals surface area contributed by atoms with Gasteiger partial charge >= 0.3 is 6.18 Å². The van der Waals surface area contributed by atoms with Crippen molar-refractivity contribution in [2.45, 2.75) is 18.6 Å². The van der Waals surface area contributed by atoms with Crippen LogP contribution in [-0.4, -0.2) is 17.8 Å². The number of alkyl halides is 3. The van der Waals surface area contributed by atoms with E-state index in [-0.39, 0.29) is 24.4 Å². The highest BCUT2D eigenvalue weighted by Crippen LogP contribution is 2.30. The minimum Gasteiger partial charge on any atom is -0.395 e. The van der Waals surface area contributed by atoms with Crippen molar-refractivity contribution in [3.63, 3.8) is 0 Å². The maximum atomic E-state index is 13.1. The van der Waals surface area contributed by atoms with Crippen LogP contribution in [-0.2, 0) is 12.6 Å². The normalized spacial score (nSPS) is 13.1. The van der Waals surface area contributed by atoms with E-state index in [1.54, 1.807) is 0 Å². The highest BCUT2D eigenvalue weighted by Gasteiger charge is 2.31. The van der Waals surface area contributed by atoms with Gasteiger partial charge in [-0.1, -0.05) is 0 Å². The lowest BCUT2D eigenvalue weighted by Gasteiger charge is -2.12.